The molecule has 1 heterocycles. The molecule has 1 rings (SSSR count). The standard InChI is InChI=1S/C12H21NS/c1-3-4-5-7-11(13-2)10-12-8-6-9-14-12/h6,8-9,11,13H,3-5,7,10H2,1-2H3. The Morgan fingerprint density at radius 2 is 2.29 bits per heavy atom. The molecule has 0 spiro atoms. The van der Waals surface area contributed by atoms with Crippen molar-refractivity contribution < 1.29 is 0 Å². The molecule has 0 saturated carbocycles. The highest BCUT2D eigenvalue weighted by Crippen LogP contribution is 2.14. The number of unbranched alkanes of at least 4 members (excludes halogenated alkanes) is 2. The maximum atomic E-state index is 3.41. The van der Waals surface area contributed by atoms with Crippen molar-refractivity contribution in [3.63, 3.8) is 0 Å². The van der Waals surface area contributed by atoms with Gasteiger partial charge in [0.05, 0.1) is 0 Å². The zero-order valence-corrected chi connectivity index (χ0v) is 10.1. The summed E-state index contributed by atoms with van der Waals surface area (Å²) in [7, 11) is 2.07. The van der Waals surface area contributed by atoms with Crippen molar-refractivity contribution in [1.82, 2.24) is 5.32 Å². The van der Waals surface area contributed by atoms with Crippen LogP contribution >= 0.6 is 11.3 Å². The van der Waals surface area contributed by atoms with Crippen LogP contribution in [0.1, 0.15) is 37.5 Å². The SMILES string of the molecule is CCCCCC(Cc1cccs1)NC. The van der Waals surface area contributed by atoms with Crippen molar-refractivity contribution in [1.29, 1.82) is 0 Å². The maximum Gasteiger partial charge on any atom is 0.0112 e. The van der Waals surface area contributed by atoms with Gasteiger partial charge in [-0.25, -0.2) is 0 Å². The lowest BCUT2D eigenvalue weighted by Crippen LogP contribution is -2.27. The fraction of sp³-hybridized carbons (Fsp3) is 0.667. The summed E-state index contributed by atoms with van der Waals surface area (Å²) in [6.45, 7) is 2.26. The van der Waals surface area contributed by atoms with Crippen molar-refractivity contribution in [3.05, 3.63) is 22.4 Å². The predicted octanol–water partition coefficient (Wildman–Crippen LogP) is 3.46. The van der Waals surface area contributed by atoms with Crippen LogP contribution in [-0.2, 0) is 6.42 Å². The van der Waals surface area contributed by atoms with Gasteiger partial charge in [-0.3, -0.25) is 0 Å². The highest BCUT2D eigenvalue weighted by atomic mass is 32.1. The highest BCUT2D eigenvalue weighted by Gasteiger charge is 2.06. The smallest absolute Gasteiger partial charge is 0.0112 e. The van der Waals surface area contributed by atoms with E-state index in [0.717, 1.165) is 0 Å². The van der Waals surface area contributed by atoms with E-state index < -0.39 is 0 Å². The first-order valence-corrected chi connectivity index (χ1v) is 6.44. The summed E-state index contributed by atoms with van der Waals surface area (Å²) in [5.41, 5.74) is 0. The first-order valence-electron chi connectivity index (χ1n) is 5.56. The Labute approximate surface area is 91.5 Å². The Balaban J connectivity index is 2.24. The van der Waals surface area contributed by atoms with E-state index in [-0.39, 0.29) is 0 Å². The molecule has 0 saturated heterocycles. The fourth-order valence-corrected chi connectivity index (χ4v) is 2.45. The number of hydrogen-bond acceptors (Lipinski definition) is 2. The molecule has 0 aliphatic rings. The molecular weight excluding hydrogens is 190 g/mol. The zero-order valence-electron chi connectivity index (χ0n) is 9.25. The van der Waals surface area contributed by atoms with E-state index in [9.17, 15) is 0 Å². The van der Waals surface area contributed by atoms with E-state index in [1.54, 1.807) is 0 Å². The molecule has 1 nitrogen and oxygen atoms in total. The van der Waals surface area contributed by atoms with E-state index in [2.05, 4.69) is 36.8 Å². The molecule has 1 aromatic heterocycles. The molecule has 1 atom stereocenters. The maximum absolute atomic E-state index is 3.41. The molecule has 0 amide bonds. The Bertz CT molecular complexity index is 218. The van der Waals surface area contributed by atoms with E-state index >= 15 is 0 Å². The topological polar surface area (TPSA) is 12.0 Å². The van der Waals surface area contributed by atoms with Gasteiger partial charge in [-0.15, -0.1) is 11.3 Å². The Hall–Kier alpha value is -0.340. The summed E-state index contributed by atoms with van der Waals surface area (Å²) in [5.74, 6) is 0. The molecule has 0 aliphatic heterocycles. The molecule has 14 heavy (non-hydrogen) atoms. The van der Waals surface area contributed by atoms with Crippen molar-refractivity contribution >= 4 is 11.3 Å². The third kappa shape index (κ3) is 4.25. The lowest BCUT2D eigenvalue weighted by molar-refractivity contribution is 0.492. The van der Waals surface area contributed by atoms with Crippen LogP contribution in [0.15, 0.2) is 17.5 Å². The predicted molar refractivity (Wildman–Crippen MR) is 65.0 cm³/mol. The second kappa shape index (κ2) is 7.02. The zero-order chi connectivity index (χ0) is 10.2. The van der Waals surface area contributed by atoms with Crippen LogP contribution in [0.2, 0.25) is 0 Å². The van der Waals surface area contributed by atoms with Crippen molar-refractivity contribution in [3.8, 4) is 0 Å². The van der Waals surface area contributed by atoms with Crippen LogP contribution < -0.4 is 5.32 Å². The number of nitrogens with one attached hydrogen (secondary N) is 1. The molecule has 2 heteroatoms. The molecule has 0 aromatic carbocycles. The summed E-state index contributed by atoms with van der Waals surface area (Å²) < 4.78 is 0. The minimum Gasteiger partial charge on any atom is -0.317 e. The second-order valence-corrected chi connectivity index (χ2v) is 4.80. The molecule has 0 radical (unpaired) electrons. The van der Waals surface area contributed by atoms with Crippen LogP contribution in [0, 0.1) is 0 Å². The quantitative estimate of drug-likeness (QED) is 0.681. The van der Waals surface area contributed by atoms with Crippen LogP contribution in [0.3, 0.4) is 0 Å². The van der Waals surface area contributed by atoms with Crippen LogP contribution in [0.4, 0.5) is 0 Å². The van der Waals surface area contributed by atoms with E-state index in [0.29, 0.717) is 6.04 Å². The molecule has 80 valence electrons. The summed E-state index contributed by atoms with van der Waals surface area (Å²) in [5, 5.41) is 5.57. The summed E-state index contributed by atoms with van der Waals surface area (Å²) in [6.07, 6.45) is 6.53. The number of likely N-dealkylation sites (N-methyl/N-ethyl adjacent to an activating group) is 1. The molecule has 1 N–H and O–H groups in total. The lowest BCUT2D eigenvalue weighted by Gasteiger charge is -2.14. The Morgan fingerprint density at radius 3 is 2.86 bits per heavy atom. The monoisotopic (exact) mass is 211 g/mol. The molecular formula is C12H21NS. The van der Waals surface area contributed by atoms with Crippen molar-refractivity contribution in [2.45, 2.75) is 45.1 Å². The Kier molecular flexibility index (Phi) is 5.88. The average molecular weight is 211 g/mol. The Morgan fingerprint density at radius 1 is 1.43 bits per heavy atom. The largest absolute Gasteiger partial charge is 0.317 e. The van der Waals surface area contributed by atoms with Crippen molar-refractivity contribution in [2.24, 2.45) is 0 Å². The minimum atomic E-state index is 0.667. The lowest BCUT2D eigenvalue weighted by atomic mass is 10.1. The van der Waals surface area contributed by atoms with E-state index in [1.165, 1.54) is 37.0 Å². The van der Waals surface area contributed by atoms with Crippen LogP contribution in [0.5, 0.6) is 0 Å². The van der Waals surface area contributed by atoms with Gasteiger partial charge in [0, 0.05) is 10.9 Å². The first kappa shape index (κ1) is 11.7. The molecule has 1 aromatic rings. The van der Waals surface area contributed by atoms with Gasteiger partial charge in [-0.1, -0.05) is 32.3 Å². The number of hydrogen-bond donors (Lipinski definition) is 1. The molecule has 0 aliphatic carbocycles. The minimum absolute atomic E-state index is 0.667. The van der Waals surface area contributed by atoms with E-state index in [1.807, 2.05) is 11.3 Å². The number of thiophene rings is 1. The highest BCUT2D eigenvalue weighted by molar-refractivity contribution is 7.09. The fourth-order valence-electron chi connectivity index (χ4n) is 1.66. The van der Waals surface area contributed by atoms with Gasteiger partial charge in [-0.05, 0) is 31.3 Å². The molecule has 1 unspecified atom stereocenters. The normalized spacial score (nSPS) is 13.0. The van der Waals surface area contributed by atoms with Gasteiger partial charge in [0.1, 0.15) is 0 Å². The van der Waals surface area contributed by atoms with Crippen LogP contribution in [-0.4, -0.2) is 13.1 Å². The summed E-state index contributed by atoms with van der Waals surface area (Å²) in [6, 6.07) is 5.04. The first-order chi connectivity index (χ1) is 6.86. The van der Waals surface area contributed by atoms with Gasteiger partial charge < -0.3 is 5.32 Å². The summed E-state index contributed by atoms with van der Waals surface area (Å²) >= 11 is 1.87. The van der Waals surface area contributed by atoms with Crippen LogP contribution in [0.25, 0.3) is 0 Å². The third-order valence-electron chi connectivity index (χ3n) is 2.59. The van der Waals surface area contributed by atoms with Gasteiger partial charge in [0.2, 0.25) is 0 Å². The van der Waals surface area contributed by atoms with Gasteiger partial charge >= 0.3 is 0 Å². The summed E-state index contributed by atoms with van der Waals surface area (Å²) in [4.78, 5) is 1.50. The van der Waals surface area contributed by atoms with Crippen molar-refractivity contribution in [2.75, 3.05) is 7.05 Å². The molecule has 0 fully saturated rings. The molecule has 0 bridgehead atoms. The van der Waals surface area contributed by atoms with Gasteiger partial charge in [-0.2, -0.15) is 0 Å². The number of rotatable bonds is 7. The third-order valence-corrected chi connectivity index (χ3v) is 3.49. The second-order valence-electron chi connectivity index (χ2n) is 3.76. The average Bonchev–Trinajstić information content (AvgIpc) is 2.69. The van der Waals surface area contributed by atoms with Gasteiger partial charge in [0.15, 0.2) is 0 Å². The van der Waals surface area contributed by atoms with Gasteiger partial charge in [0.25, 0.3) is 0 Å². The van der Waals surface area contributed by atoms with E-state index in [4.69, 9.17) is 0 Å².